The third-order valence-corrected chi connectivity index (χ3v) is 9.34. The maximum Gasteiger partial charge on any atom is 0.156 e. The fraction of sp³-hybridized carbons (Fsp3) is 0.571. The predicted octanol–water partition coefficient (Wildman–Crippen LogP) is 5.43. The molecule has 33 heavy (non-hydrogen) atoms. The van der Waals surface area contributed by atoms with Crippen molar-refractivity contribution in [2.75, 3.05) is 20.8 Å². The second kappa shape index (κ2) is 8.52. The van der Waals surface area contributed by atoms with Crippen LogP contribution in [0.3, 0.4) is 0 Å². The van der Waals surface area contributed by atoms with Gasteiger partial charge in [-0.15, -0.1) is 0 Å². The Morgan fingerprint density at radius 2 is 1.94 bits per heavy atom. The zero-order chi connectivity index (χ0) is 23.2. The fourth-order valence-corrected chi connectivity index (χ4v) is 7.78. The summed E-state index contributed by atoms with van der Waals surface area (Å²) in [4.78, 5) is 12.2. The molecule has 176 valence electrons. The van der Waals surface area contributed by atoms with E-state index in [1.807, 2.05) is 25.3 Å². The minimum absolute atomic E-state index is 0.00802. The highest BCUT2D eigenvalue weighted by atomic mass is 16.5. The highest BCUT2D eigenvalue weighted by Crippen LogP contribution is 2.67. The molecular weight excluding hydrogens is 414 g/mol. The van der Waals surface area contributed by atoms with Gasteiger partial charge in [-0.05, 0) is 78.7 Å². The minimum Gasteiger partial charge on any atom is -0.411 e. The molecular formula is C28H35NO4. The number of methoxy groups -OCH3 is 2. The molecule has 1 aromatic carbocycles. The van der Waals surface area contributed by atoms with E-state index in [2.05, 4.69) is 24.2 Å². The maximum atomic E-state index is 12.2. The Labute approximate surface area is 196 Å². The molecule has 4 aliphatic rings. The van der Waals surface area contributed by atoms with Gasteiger partial charge in [0.1, 0.15) is 0 Å². The quantitative estimate of drug-likeness (QED) is 0.370. The van der Waals surface area contributed by atoms with E-state index < -0.39 is 0 Å². The lowest BCUT2D eigenvalue weighted by Gasteiger charge is -2.55. The van der Waals surface area contributed by atoms with Crippen LogP contribution in [0.5, 0.6) is 0 Å². The highest BCUT2D eigenvalue weighted by Gasteiger charge is 2.63. The molecule has 0 aromatic heterocycles. The minimum atomic E-state index is -0.275. The average molecular weight is 450 g/mol. The first-order valence-corrected chi connectivity index (χ1v) is 12.2. The second-order valence-corrected chi connectivity index (χ2v) is 10.6. The number of carbonyl (C=O) groups is 1. The van der Waals surface area contributed by atoms with E-state index in [1.165, 1.54) is 22.9 Å². The Balaban J connectivity index is 1.65. The number of ether oxygens (including phenoxy) is 2. The van der Waals surface area contributed by atoms with E-state index in [-0.39, 0.29) is 22.7 Å². The summed E-state index contributed by atoms with van der Waals surface area (Å²) in [5.74, 6) is 1.64. The standard InChI is InChI=1S/C28H35NO4/c1-27-15-24(19-6-4-18(5-7-19)16-29-31)26-22-11-9-21(30)14-20(22)8-10-23(26)25(27)12-13-28(27,33-3)17-32-2/h4-7,14,16,23-25,31H,8-13,15,17H2,1-3H3/t23-,24+,25-,27-,28+/m0/s1. The normalized spacial score (nSPS) is 35.9. The van der Waals surface area contributed by atoms with Gasteiger partial charge in [0, 0.05) is 32.0 Å². The molecule has 0 radical (unpaired) electrons. The third kappa shape index (κ3) is 3.43. The molecule has 4 aliphatic carbocycles. The number of allylic oxidation sites excluding steroid dienone is 4. The van der Waals surface area contributed by atoms with Crippen molar-refractivity contribution in [3.63, 3.8) is 0 Å². The molecule has 1 N–H and O–H groups in total. The number of fused-ring (bicyclic) bond motifs is 4. The van der Waals surface area contributed by atoms with Gasteiger partial charge in [0.15, 0.2) is 5.78 Å². The number of rotatable bonds is 5. The average Bonchev–Trinajstić information content (AvgIpc) is 3.11. The molecule has 5 heteroatoms. The molecule has 0 spiro atoms. The molecule has 1 aromatic rings. The summed E-state index contributed by atoms with van der Waals surface area (Å²) in [6.45, 7) is 3.05. The lowest BCUT2D eigenvalue weighted by Crippen LogP contribution is -2.54. The molecule has 5 rings (SSSR count). The lowest BCUT2D eigenvalue weighted by atomic mass is 9.51. The largest absolute Gasteiger partial charge is 0.411 e. The summed E-state index contributed by atoms with van der Waals surface area (Å²) in [7, 11) is 3.64. The van der Waals surface area contributed by atoms with Gasteiger partial charge in [0.25, 0.3) is 0 Å². The monoisotopic (exact) mass is 449 g/mol. The van der Waals surface area contributed by atoms with E-state index in [0.717, 1.165) is 44.1 Å². The molecule has 0 bridgehead atoms. The first kappa shape index (κ1) is 22.5. The molecule has 0 unspecified atom stereocenters. The summed E-state index contributed by atoms with van der Waals surface area (Å²) < 4.78 is 12.0. The van der Waals surface area contributed by atoms with Crippen LogP contribution in [0, 0.1) is 17.3 Å². The van der Waals surface area contributed by atoms with E-state index in [9.17, 15) is 4.79 Å². The van der Waals surface area contributed by atoms with Crippen molar-refractivity contribution in [2.24, 2.45) is 22.4 Å². The smallest absolute Gasteiger partial charge is 0.156 e. The van der Waals surface area contributed by atoms with Gasteiger partial charge < -0.3 is 14.7 Å². The summed E-state index contributed by atoms with van der Waals surface area (Å²) in [6.07, 6.45) is 10.2. The van der Waals surface area contributed by atoms with Crippen molar-refractivity contribution in [1.29, 1.82) is 0 Å². The topological polar surface area (TPSA) is 68.1 Å². The van der Waals surface area contributed by atoms with Gasteiger partial charge in [0.05, 0.1) is 18.4 Å². The Morgan fingerprint density at radius 3 is 2.64 bits per heavy atom. The van der Waals surface area contributed by atoms with Crippen molar-refractivity contribution in [2.45, 2.75) is 63.4 Å². The van der Waals surface area contributed by atoms with Gasteiger partial charge in [-0.2, -0.15) is 0 Å². The number of hydrogen-bond donors (Lipinski definition) is 1. The second-order valence-electron chi connectivity index (χ2n) is 10.6. The molecule has 0 saturated heterocycles. The SMILES string of the molecule is COC[C@]1(OC)CC[C@H]2[C@@H]3CCC4=CC(=O)CCC4=C3[C@@H](c3ccc(C=NO)cc3)C[C@@]21C. The van der Waals surface area contributed by atoms with Gasteiger partial charge in [-0.25, -0.2) is 0 Å². The predicted molar refractivity (Wildman–Crippen MR) is 128 cm³/mol. The number of ketones is 1. The lowest BCUT2D eigenvalue weighted by molar-refractivity contribution is -0.149. The van der Waals surface area contributed by atoms with Gasteiger partial charge >= 0.3 is 0 Å². The van der Waals surface area contributed by atoms with Crippen molar-refractivity contribution in [1.82, 2.24) is 0 Å². The molecule has 0 amide bonds. The Hall–Kier alpha value is -2.24. The van der Waals surface area contributed by atoms with Crippen LogP contribution in [-0.4, -0.2) is 43.6 Å². The Kier molecular flexibility index (Phi) is 5.82. The van der Waals surface area contributed by atoms with Gasteiger partial charge in [-0.1, -0.05) is 41.9 Å². The van der Waals surface area contributed by atoms with Gasteiger partial charge in [-0.3, -0.25) is 4.79 Å². The van der Waals surface area contributed by atoms with Crippen molar-refractivity contribution in [3.8, 4) is 0 Å². The number of benzene rings is 1. The van der Waals surface area contributed by atoms with E-state index >= 15 is 0 Å². The van der Waals surface area contributed by atoms with Crippen molar-refractivity contribution >= 4 is 12.0 Å². The van der Waals surface area contributed by atoms with Crippen LogP contribution in [0.1, 0.15) is 68.9 Å². The number of oxime groups is 1. The van der Waals surface area contributed by atoms with Crippen LogP contribution in [0.4, 0.5) is 0 Å². The summed E-state index contributed by atoms with van der Waals surface area (Å²) in [5, 5.41) is 12.1. The third-order valence-electron chi connectivity index (χ3n) is 9.34. The van der Waals surface area contributed by atoms with E-state index in [1.54, 1.807) is 12.7 Å². The molecule has 2 fully saturated rings. The van der Waals surface area contributed by atoms with Crippen LogP contribution in [0.2, 0.25) is 0 Å². The number of hydrogen-bond acceptors (Lipinski definition) is 5. The molecule has 0 heterocycles. The molecule has 5 nitrogen and oxygen atoms in total. The van der Waals surface area contributed by atoms with Crippen LogP contribution in [0.25, 0.3) is 0 Å². The number of carbonyl (C=O) groups excluding carboxylic acids is 1. The zero-order valence-electron chi connectivity index (χ0n) is 20.0. The van der Waals surface area contributed by atoms with Crippen molar-refractivity contribution in [3.05, 3.63) is 58.2 Å². The van der Waals surface area contributed by atoms with Gasteiger partial charge in [0.2, 0.25) is 0 Å². The maximum absolute atomic E-state index is 12.2. The highest BCUT2D eigenvalue weighted by molar-refractivity contribution is 5.93. The van der Waals surface area contributed by atoms with E-state index in [0.29, 0.717) is 24.9 Å². The summed E-state index contributed by atoms with van der Waals surface area (Å²) in [5.41, 5.74) is 6.23. The fourth-order valence-electron chi connectivity index (χ4n) is 7.78. The summed E-state index contributed by atoms with van der Waals surface area (Å²) >= 11 is 0. The van der Waals surface area contributed by atoms with Crippen LogP contribution in [0.15, 0.2) is 52.2 Å². The Morgan fingerprint density at radius 1 is 1.15 bits per heavy atom. The Bertz CT molecular complexity index is 1020. The van der Waals surface area contributed by atoms with Crippen LogP contribution >= 0.6 is 0 Å². The summed E-state index contributed by atoms with van der Waals surface area (Å²) in [6, 6.07) is 8.42. The molecule has 2 saturated carbocycles. The molecule has 0 aliphatic heterocycles. The first-order valence-electron chi connectivity index (χ1n) is 12.2. The zero-order valence-corrected chi connectivity index (χ0v) is 20.0. The number of nitrogens with zero attached hydrogens (tertiary/aromatic N) is 1. The van der Waals surface area contributed by atoms with Crippen LogP contribution in [-0.2, 0) is 14.3 Å². The van der Waals surface area contributed by atoms with Crippen molar-refractivity contribution < 1.29 is 19.5 Å². The molecule has 5 atom stereocenters. The first-order chi connectivity index (χ1) is 16.0. The van der Waals surface area contributed by atoms with E-state index in [4.69, 9.17) is 14.7 Å². The van der Waals surface area contributed by atoms with Crippen LogP contribution < -0.4 is 0 Å².